The van der Waals surface area contributed by atoms with E-state index in [2.05, 4.69) is 167 Å². The molecule has 0 aliphatic heterocycles. The lowest BCUT2D eigenvalue weighted by molar-refractivity contribution is 1.18. The van der Waals surface area contributed by atoms with Crippen molar-refractivity contribution >= 4 is 55.8 Å². The van der Waals surface area contributed by atoms with Gasteiger partial charge in [-0.25, -0.2) is 0 Å². The van der Waals surface area contributed by atoms with Gasteiger partial charge in [0.2, 0.25) is 0 Å². The molecule has 0 N–H and O–H groups in total. The Morgan fingerprint density at radius 3 is 0.875 bits per heavy atom. The normalized spacial score (nSPS) is 11.9. The molecule has 8 aromatic rings. The fourth-order valence-electron chi connectivity index (χ4n) is 6.06. The third kappa shape index (κ3) is 3.58. The Morgan fingerprint density at radius 2 is 0.575 bits per heavy atom. The van der Waals surface area contributed by atoms with E-state index in [1.807, 2.05) is 0 Å². The van der Waals surface area contributed by atoms with E-state index in [4.69, 9.17) is 0 Å². The quantitative estimate of drug-likeness (QED) is 0.208. The van der Waals surface area contributed by atoms with Crippen molar-refractivity contribution in [2.75, 3.05) is 0 Å². The highest BCUT2D eigenvalue weighted by atomic mass is 15.0. The van der Waals surface area contributed by atoms with Crippen LogP contribution in [-0.2, 0) is 0 Å². The number of hydrogen-bond donors (Lipinski definition) is 0. The largest absolute Gasteiger partial charge is 0.309 e. The Hall–Kier alpha value is -5.34. The number of nitrogens with zero attached hydrogens (tertiary/aromatic N) is 2. The minimum Gasteiger partial charge on any atom is -0.309 e. The van der Waals surface area contributed by atoms with Gasteiger partial charge in [-0.2, -0.15) is 0 Å². The molecule has 0 saturated carbocycles. The van der Waals surface area contributed by atoms with Gasteiger partial charge in [0.15, 0.2) is 0 Å². The van der Waals surface area contributed by atoms with Gasteiger partial charge in [-0.3, -0.25) is 0 Å². The summed E-state index contributed by atoms with van der Waals surface area (Å²) >= 11 is 0. The van der Waals surface area contributed by atoms with E-state index in [1.54, 1.807) is 0 Å². The smallest absolute Gasteiger partial charge is 0.0541 e. The molecule has 40 heavy (non-hydrogen) atoms. The first kappa shape index (κ1) is 22.6. The molecule has 0 spiro atoms. The number of hydrogen-bond acceptors (Lipinski definition) is 0. The van der Waals surface area contributed by atoms with Crippen LogP contribution in [0.3, 0.4) is 0 Å². The third-order valence-corrected chi connectivity index (χ3v) is 7.93. The predicted molar refractivity (Wildman–Crippen MR) is 170 cm³/mol. The van der Waals surface area contributed by atoms with Gasteiger partial charge in [0.1, 0.15) is 0 Å². The second kappa shape index (κ2) is 9.14. The van der Waals surface area contributed by atoms with Gasteiger partial charge in [0.05, 0.1) is 22.1 Å². The summed E-state index contributed by atoms with van der Waals surface area (Å²) in [6.07, 6.45) is 4.37. The number of aromatic nitrogens is 2. The van der Waals surface area contributed by atoms with E-state index in [0.29, 0.717) is 0 Å². The Bertz CT molecular complexity index is 1920. The summed E-state index contributed by atoms with van der Waals surface area (Å²) in [4.78, 5) is 0. The van der Waals surface area contributed by atoms with Crippen molar-refractivity contribution in [3.05, 3.63) is 157 Å². The van der Waals surface area contributed by atoms with Crippen molar-refractivity contribution in [3.63, 3.8) is 0 Å². The van der Waals surface area contributed by atoms with Crippen LogP contribution in [0.2, 0.25) is 0 Å². The number of benzene rings is 6. The third-order valence-electron chi connectivity index (χ3n) is 7.93. The maximum atomic E-state index is 2.35. The van der Waals surface area contributed by atoms with Crippen molar-refractivity contribution in [2.24, 2.45) is 0 Å². The predicted octanol–water partition coefficient (Wildman–Crippen LogP) is 10.1. The second-order valence-electron chi connectivity index (χ2n) is 10.3. The van der Waals surface area contributed by atoms with Gasteiger partial charge in [-0.15, -0.1) is 0 Å². The van der Waals surface area contributed by atoms with Gasteiger partial charge in [-0.1, -0.05) is 109 Å². The lowest BCUT2D eigenvalue weighted by Gasteiger charge is -2.09. The molecule has 8 rings (SSSR count). The molecule has 0 amide bonds. The number of fused-ring (bicyclic) bond motifs is 6. The lowest BCUT2D eigenvalue weighted by Crippen LogP contribution is -1.93. The van der Waals surface area contributed by atoms with Crippen molar-refractivity contribution in [3.8, 4) is 11.4 Å². The summed E-state index contributed by atoms with van der Waals surface area (Å²) in [5.74, 6) is 0. The summed E-state index contributed by atoms with van der Waals surface area (Å²) in [5.41, 5.74) is 9.62. The van der Waals surface area contributed by atoms with Crippen LogP contribution in [0.5, 0.6) is 0 Å². The second-order valence-corrected chi connectivity index (χ2v) is 10.3. The zero-order valence-corrected chi connectivity index (χ0v) is 21.9. The standard InChI is InChI=1S/C38H26N2/c1-5-13-35-31(9-1)32-10-2-6-14-36(32)39(35)29-23-19-27(20-24-29)17-18-28-21-25-30(26-22-28)40-37-15-7-3-11-33(37)34-12-4-8-16-38(34)40/h1-26H. The Labute approximate surface area is 232 Å². The first-order chi connectivity index (χ1) is 19.8. The van der Waals surface area contributed by atoms with Crippen molar-refractivity contribution < 1.29 is 0 Å². The molecule has 0 radical (unpaired) electrons. The van der Waals surface area contributed by atoms with E-state index >= 15 is 0 Å². The van der Waals surface area contributed by atoms with E-state index in [9.17, 15) is 0 Å². The van der Waals surface area contributed by atoms with Crippen LogP contribution < -0.4 is 0 Å². The fourth-order valence-corrected chi connectivity index (χ4v) is 6.06. The summed E-state index contributed by atoms with van der Waals surface area (Å²) in [7, 11) is 0. The lowest BCUT2D eigenvalue weighted by atomic mass is 10.1. The molecule has 0 saturated heterocycles. The summed E-state index contributed by atoms with van der Waals surface area (Å²) in [6.45, 7) is 0. The van der Waals surface area contributed by atoms with Crippen LogP contribution in [-0.4, -0.2) is 9.13 Å². The van der Waals surface area contributed by atoms with Gasteiger partial charge >= 0.3 is 0 Å². The molecule has 188 valence electrons. The molecule has 0 fully saturated rings. The molecule has 0 unspecified atom stereocenters. The van der Waals surface area contributed by atoms with Gasteiger partial charge < -0.3 is 9.13 Å². The molecule has 0 aliphatic rings. The minimum atomic E-state index is 1.17. The fraction of sp³-hybridized carbons (Fsp3) is 0. The van der Waals surface area contributed by atoms with Gasteiger partial charge in [0, 0.05) is 32.9 Å². The summed E-state index contributed by atoms with van der Waals surface area (Å²) in [6, 6.07) is 52.2. The number of para-hydroxylation sites is 4. The average molecular weight is 511 g/mol. The molecule has 2 aromatic heterocycles. The highest BCUT2D eigenvalue weighted by molar-refractivity contribution is 6.10. The topological polar surface area (TPSA) is 9.86 Å². The van der Waals surface area contributed by atoms with Crippen molar-refractivity contribution in [1.29, 1.82) is 0 Å². The maximum absolute atomic E-state index is 2.35. The molecule has 0 atom stereocenters. The molecule has 2 heterocycles. The Balaban J connectivity index is 1.10. The molecule has 2 nitrogen and oxygen atoms in total. The van der Waals surface area contributed by atoms with E-state index in [1.165, 1.54) is 66.1 Å². The van der Waals surface area contributed by atoms with Crippen molar-refractivity contribution in [1.82, 2.24) is 9.13 Å². The minimum absolute atomic E-state index is 1.17. The maximum Gasteiger partial charge on any atom is 0.0541 e. The van der Waals surface area contributed by atoms with Crippen molar-refractivity contribution in [2.45, 2.75) is 0 Å². The van der Waals surface area contributed by atoms with E-state index in [0.717, 1.165) is 0 Å². The SMILES string of the molecule is C(=Cc1ccc(-n2c3ccccc3c3ccccc32)cc1)c1ccc(-n2c3ccccc3c3ccccc32)cc1. The molecule has 0 bridgehead atoms. The molecular formula is C38H26N2. The van der Waals surface area contributed by atoms with Gasteiger partial charge in [0.25, 0.3) is 0 Å². The van der Waals surface area contributed by atoms with Crippen LogP contribution in [0.1, 0.15) is 11.1 Å². The van der Waals surface area contributed by atoms with Crippen LogP contribution in [0.25, 0.3) is 67.1 Å². The molecule has 2 heteroatoms. The monoisotopic (exact) mass is 510 g/mol. The highest BCUT2D eigenvalue weighted by Gasteiger charge is 2.12. The van der Waals surface area contributed by atoms with Crippen LogP contribution in [0.15, 0.2) is 146 Å². The average Bonchev–Trinajstić information content (AvgIpc) is 3.54. The van der Waals surface area contributed by atoms with E-state index in [-0.39, 0.29) is 0 Å². The van der Waals surface area contributed by atoms with Gasteiger partial charge in [-0.05, 0) is 59.7 Å². The molecule has 0 aliphatic carbocycles. The first-order valence-corrected chi connectivity index (χ1v) is 13.7. The Kier molecular flexibility index (Phi) is 5.17. The first-order valence-electron chi connectivity index (χ1n) is 13.7. The summed E-state index contributed by atoms with van der Waals surface area (Å²) in [5, 5.41) is 5.13. The molecule has 6 aromatic carbocycles. The Morgan fingerprint density at radius 1 is 0.300 bits per heavy atom. The number of rotatable bonds is 4. The zero-order valence-electron chi connectivity index (χ0n) is 21.9. The van der Waals surface area contributed by atoms with Crippen LogP contribution >= 0.6 is 0 Å². The highest BCUT2D eigenvalue weighted by Crippen LogP contribution is 2.33. The molecular weight excluding hydrogens is 484 g/mol. The van der Waals surface area contributed by atoms with E-state index < -0.39 is 0 Å². The zero-order chi connectivity index (χ0) is 26.5. The van der Waals surface area contributed by atoms with Crippen LogP contribution in [0.4, 0.5) is 0 Å². The van der Waals surface area contributed by atoms with Crippen LogP contribution in [0, 0.1) is 0 Å². The summed E-state index contributed by atoms with van der Waals surface area (Å²) < 4.78 is 4.71.